The number of hydrogen-bond donors (Lipinski definition) is 2. The van der Waals surface area contributed by atoms with E-state index < -0.39 is 35.6 Å². The number of thiazole rings is 1. The Labute approximate surface area is 214 Å². The highest BCUT2D eigenvalue weighted by Gasteiger charge is 2.37. The van der Waals surface area contributed by atoms with Crippen LogP contribution in [0.4, 0.5) is 13.2 Å². The van der Waals surface area contributed by atoms with Gasteiger partial charge in [-0.15, -0.1) is 11.3 Å². The maximum atomic E-state index is 13.3. The van der Waals surface area contributed by atoms with Crippen LogP contribution >= 0.6 is 11.3 Å². The molecule has 1 aliphatic rings. The minimum Gasteiger partial charge on any atom is -0.467 e. The molecule has 0 aliphatic carbocycles. The fourth-order valence-corrected chi connectivity index (χ4v) is 5.15. The first-order valence-corrected chi connectivity index (χ1v) is 12.3. The Kier molecular flexibility index (Phi) is 7.91. The standard InChI is InChI=1S/C24H24F3N5O4S/c1-36-23(35)18(10-15-11-28-13-29-15)30-20(33)19-12-37-21(31-19)14-6-8-32(9-7-14)22(34)16-4-2-3-5-17(16)24(25,26)27/h2-5,11-14,18H,6-10H2,1H3,(H,28,29)(H,30,33). The SMILES string of the molecule is COC(=O)C(Cc1cnc[nH]1)NC(=O)c1csc(C2CCN(C(=O)c3ccccc3C(F)(F)F)CC2)n1. The number of imidazole rings is 1. The van der Waals surface area contributed by atoms with Gasteiger partial charge in [0, 0.05) is 42.7 Å². The highest BCUT2D eigenvalue weighted by Crippen LogP contribution is 2.34. The average molecular weight is 536 g/mol. The molecule has 2 N–H and O–H groups in total. The van der Waals surface area contributed by atoms with Crippen LogP contribution < -0.4 is 5.32 Å². The van der Waals surface area contributed by atoms with Gasteiger partial charge in [0.15, 0.2) is 0 Å². The largest absolute Gasteiger partial charge is 0.467 e. The van der Waals surface area contributed by atoms with Gasteiger partial charge in [-0.2, -0.15) is 13.2 Å². The van der Waals surface area contributed by atoms with Crippen LogP contribution in [0, 0.1) is 0 Å². The number of H-pyrrole nitrogens is 1. The molecule has 1 aliphatic heterocycles. The predicted molar refractivity (Wildman–Crippen MR) is 127 cm³/mol. The van der Waals surface area contributed by atoms with Gasteiger partial charge in [-0.1, -0.05) is 12.1 Å². The van der Waals surface area contributed by atoms with Crippen molar-refractivity contribution in [2.75, 3.05) is 20.2 Å². The Hall–Kier alpha value is -3.74. The lowest BCUT2D eigenvalue weighted by molar-refractivity contribution is -0.143. The van der Waals surface area contributed by atoms with E-state index in [0.29, 0.717) is 23.5 Å². The van der Waals surface area contributed by atoms with Crippen molar-refractivity contribution in [1.82, 2.24) is 25.2 Å². The van der Waals surface area contributed by atoms with E-state index in [1.54, 1.807) is 11.6 Å². The quantitative estimate of drug-likeness (QED) is 0.448. The topological polar surface area (TPSA) is 117 Å². The van der Waals surface area contributed by atoms with Crippen LogP contribution in [0.25, 0.3) is 0 Å². The number of rotatable bonds is 7. The molecule has 13 heteroatoms. The minimum absolute atomic E-state index is 0.0464. The lowest BCUT2D eigenvalue weighted by Crippen LogP contribution is -2.43. The smallest absolute Gasteiger partial charge is 0.417 e. The number of nitrogens with zero attached hydrogens (tertiary/aromatic N) is 3. The summed E-state index contributed by atoms with van der Waals surface area (Å²) in [7, 11) is 1.23. The first-order chi connectivity index (χ1) is 17.7. The van der Waals surface area contributed by atoms with E-state index in [2.05, 4.69) is 20.3 Å². The molecule has 1 fully saturated rings. The molecule has 4 rings (SSSR count). The Balaban J connectivity index is 1.37. The number of carbonyl (C=O) groups excluding carboxylic acids is 3. The lowest BCUT2D eigenvalue weighted by Gasteiger charge is -2.31. The third-order valence-corrected chi connectivity index (χ3v) is 7.13. The number of likely N-dealkylation sites (tertiary alicyclic amines) is 1. The van der Waals surface area contributed by atoms with Crippen molar-refractivity contribution in [3.8, 4) is 0 Å². The first-order valence-electron chi connectivity index (χ1n) is 11.4. The van der Waals surface area contributed by atoms with Gasteiger partial charge in [-0.3, -0.25) is 9.59 Å². The number of aromatic nitrogens is 3. The van der Waals surface area contributed by atoms with Crippen LogP contribution in [0.5, 0.6) is 0 Å². The number of alkyl halides is 3. The lowest BCUT2D eigenvalue weighted by atomic mass is 9.96. The number of nitrogens with one attached hydrogen (secondary N) is 2. The fraction of sp³-hybridized carbons (Fsp3) is 0.375. The zero-order valence-electron chi connectivity index (χ0n) is 19.7. The Morgan fingerprint density at radius 2 is 1.97 bits per heavy atom. The van der Waals surface area contributed by atoms with Gasteiger partial charge >= 0.3 is 12.1 Å². The number of benzene rings is 1. The molecule has 9 nitrogen and oxygen atoms in total. The zero-order chi connectivity index (χ0) is 26.6. The second kappa shape index (κ2) is 11.1. The molecule has 1 aromatic carbocycles. The number of carbonyl (C=O) groups is 3. The van der Waals surface area contributed by atoms with Crippen molar-refractivity contribution in [2.45, 2.75) is 37.4 Å². The fourth-order valence-electron chi connectivity index (χ4n) is 4.18. The summed E-state index contributed by atoms with van der Waals surface area (Å²) in [6.07, 6.45) is -0.445. The molecule has 1 saturated heterocycles. The summed E-state index contributed by atoms with van der Waals surface area (Å²) in [4.78, 5) is 50.3. The second-order valence-corrected chi connectivity index (χ2v) is 9.40. The summed E-state index contributed by atoms with van der Waals surface area (Å²) in [5.41, 5.74) is -0.516. The van der Waals surface area contributed by atoms with Crippen molar-refractivity contribution in [1.29, 1.82) is 0 Å². The van der Waals surface area contributed by atoms with E-state index in [-0.39, 0.29) is 36.7 Å². The number of aromatic amines is 1. The van der Waals surface area contributed by atoms with Crippen LogP contribution in [0.2, 0.25) is 0 Å². The highest BCUT2D eigenvalue weighted by molar-refractivity contribution is 7.09. The van der Waals surface area contributed by atoms with E-state index >= 15 is 0 Å². The maximum Gasteiger partial charge on any atom is 0.417 e. The normalized spacial score (nSPS) is 15.3. The van der Waals surface area contributed by atoms with Crippen molar-refractivity contribution in [3.63, 3.8) is 0 Å². The van der Waals surface area contributed by atoms with E-state index in [1.807, 2.05) is 0 Å². The first kappa shape index (κ1) is 26.3. The summed E-state index contributed by atoms with van der Waals surface area (Å²) >= 11 is 1.29. The maximum absolute atomic E-state index is 13.3. The molecular formula is C24H24F3N5O4S. The van der Waals surface area contributed by atoms with Crippen LogP contribution in [-0.4, -0.2) is 63.9 Å². The summed E-state index contributed by atoms with van der Waals surface area (Å²) in [6, 6.07) is 3.83. The molecule has 3 aromatic rings. The van der Waals surface area contributed by atoms with Gasteiger partial charge in [0.1, 0.15) is 11.7 Å². The number of esters is 1. The molecule has 2 aromatic heterocycles. The van der Waals surface area contributed by atoms with Crippen LogP contribution in [0.15, 0.2) is 42.2 Å². The minimum atomic E-state index is -4.62. The summed E-state index contributed by atoms with van der Waals surface area (Å²) in [5, 5.41) is 4.91. The molecular weight excluding hydrogens is 511 g/mol. The van der Waals surface area contributed by atoms with Crippen LogP contribution in [-0.2, 0) is 22.1 Å². The van der Waals surface area contributed by atoms with Gasteiger partial charge < -0.3 is 19.9 Å². The number of piperidine rings is 1. The molecule has 0 radical (unpaired) electrons. The van der Waals surface area contributed by atoms with Crippen molar-refractivity contribution in [3.05, 3.63) is 69.7 Å². The molecule has 1 unspecified atom stereocenters. The van der Waals surface area contributed by atoms with E-state index in [4.69, 9.17) is 4.74 Å². The molecule has 1 atom stereocenters. The van der Waals surface area contributed by atoms with Crippen LogP contribution in [0.1, 0.15) is 55.9 Å². The molecule has 196 valence electrons. The zero-order valence-corrected chi connectivity index (χ0v) is 20.6. The summed E-state index contributed by atoms with van der Waals surface area (Å²) < 4.78 is 44.8. The van der Waals surface area contributed by atoms with Gasteiger partial charge in [0.25, 0.3) is 11.8 Å². The Morgan fingerprint density at radius 1 is 1.24 bits per heavy atom. The molecule has 0 bridgehead atoms. The molecule has 3 heterocycles. The molecule has 2 amide bonds. The van der Waals surface area contributed by atoms with Crippen LogP contribution in [0.3, 0.4) is 0 Å². The van der Waals surface area contributed by atoms with Gasteiger partial charge in [0.2, 0.25) is 0 Å². The summed E-state index contributed by atoms with van der Waals surface area (Å²) in [6.45, 7) is 0.538. The van der Waals surface area contributed by atoms with Crippen molar-refractivity contribution in [2.24, 2.45) is 0 Å². The average Bonchev–Trinajstić information content (AvgIpc) is 3.60. The number of hydrogen-bond acceptors (Lipinski definition) is 7. The number of amides is 2. The molecule has 0 saturated carbocycles. The van der Waals surface area contributed by atoms with E-state index in [9.17, 15) is 27.6 Å². The van der Waals surface area contributed by atoms with E-state index in [0.717, 1.165) is 6.07 Å². The molecule has 0 spiro atoms. The van der Waals surface area contributed by atoms with Gasteiger partial charge in [0.05, 0.1) is 29.6 Å². The monoisotopic (exact) mass is 535 g/mol. The second-order valence-electron chi connectivity index (χ2n) is 8.51. The third kappa shape index (κ3) is 6.16. The third-order valence-electron chi connectivity index (χ3n) is 6.12. The van der Waals surface area contributed by atoms with E-state index in [1.165, 1.54) is 47.9 Å². The van der Waals surface area contributed by atoms with Gasteiger partial charge in [-0.25, -0.2) is 14.8 Å². The highest BCUT2D eigenvalue weighted by atomic mass is 32.1. The van der Waals surface area contributed by atoms with Gasteiger partial charge in [-0.05, 0) is 25.0 Å². The van der Waals surface area contributed by atoms with Crippen molar-refractivity contribution >= 4 is 29.1 Å². The van der Waals surface area contributed by atoms with Crippen molar-refractivity contribution < 1.29 is 32.3 Å². The number of methoxy groups -OCH3 is 1. The Morgan fingerprint density at radius 3 is 2.62 bits per heavy atom. The number of ether oxygens (including phenoxy) is 1. The number of halogens is 3. The predicted octanol–water partition coefficient (Wildman–Crippen LogP) is 3.42. The molecule has 37 heavy (non-hydrogen) atoms. The summed E-state index contributed by atoms with van der Waals surface area (Å²) in [5.74, 6) is -1.84. The Bertz CT molecular complexity index is 1250.